The molecule has 0 atom stereocenters. The average molecular weight is 294 g/mol. The number of carbonyl (C=O) groups is 1. The zero-order chi connectivity index (χ0) is 15.3. The number of carbonyl (C=O) groups excluding carboxylic acids is 1. The number of rotatable bonds is 5. The van der Waals surface area contributed by atoms with E-state index in [-0.39, 0.29) is 17.5 Å². The van der Waals surface area contributed by atoms with E-state index in [0.717, 1.165) is 6.42 Å². The third-order valence-electron chi connectivity index (χ3n) is 5.91. The van der Waals surface area contributed by atoms with Crippen molar-refractivity contribution >= 4 is 5.97 Å². The van der Waals surface area contributed by atoms with Crippen LogP contribution in [0, 0.1) is 17.3 Å². The molecule has 0 saturated heterocycles. The van der Waals surface area contributed by atoms with Crippen LogP contribution in [0.1, 0.15) is 91.4 Å². The van der Waals surface area contributed by atoms with E-state index in [1.165, 1.54) is 64.2 Å². The number of hydrogen-bond donors (Lipinski definition) is 0. The first-order valence-electron chi connectivity index (χ1n) is 9.25. The summed E-state index contributed by atoms with van der Waals surface area (Å²) in [5.74, 6) is 1.28. The van der Waals surface area contributed by atoms with E-state index in [1.54, 1.807) is 0 Å². The number of esters is 1. The van der Waals surface area contributed by atoms with Crippen molar-refractivity contribution in [2.24, 2.45) is 17.3 Å². The maximum absolute atomic E-state index is 12.6. The van der Waals surface area contributed by atoms with E-state index in [4.69, 9.17) is 4.74 Å². The van der Waals surface area contributed by atoms with Gasteiger partial charge in [-0.15, -0.1) is 0 Å². The van der Waals surface area contributed by atoms with Crippen molar-refractivity contribution in [3.63, 3.8) is 0 Å². The first-order valence-corrected chi connectivity index (χ1v) is 9.25. The quantitative estimate of drug-likeness (QED) is 0.626. The summed E-state index contributed by atoms with van der Waals surface area (Å²) in [4.78, 5) is 12.6. The van der Waals surface area contributed by atoms with Gasteiger partial charge in [-0.05, 0) is 57.8 Å². The van der Waals surface area contributed by atoms with E-state index in [9.17, 15) is 4.79 Å². The Labute approximate surface area is 131 Å². The number of ether oxygens (including phenoxy) is 1. The smallest absolute Gasteiger partial charge is 0.311 e. The lowest BCUT2D eigenvalue weighted by Crippen LogP contribution is -2.39. The topological polar surface area (TPSA) is 26.3 Å². The molecule has 2 nitrogen and oxygen atoms in total. The fourth-order valence-electron chi connectivity index (χ4n) is 3.93. The molecule has 0 aromatic carbocycles. The standard InChI is InChI=1S/C19H34O2/c1-4-19(2,3)18(20)21-17(15-11-7-5-8-12-15)16-13-9-6-10-14-16/h15-17H,4-14H2,1-3H3. The fraction of sp³-hybridized carbons (Fsp3) is 0.947. The zero-order valence-electron chi connectivity index (χ0n) is 14.3. The third-order valence-corrected chi connectivity index (χ3v) is 5.91. The molecule has 0 radical (unpaired) electrons. The van der Waals surface area contributed by atoms with Crippen LogP contribution in [-0.2, 0) is 9.53 Å². The molecule has 2 saturated carbocycles. The largest absolute Gasteiger partial charge is 0.461 e. The summed E-state index contributed by atoms with van der Waals surface area (Å²) in [5.41, 5.74) is -0.332. The van der Waals surface area contributed by atoms with Crippen LogP contribution in [0.2, 0.25) is 0 Å². The monoisotopic (exact) mass is 294 g/mol. The summed E-state index contributed by atoms with van der Waals surface area (Å²) >= 11 is 0. The molecule has 2 aliphatic carbocycles. The highest BCUT2D eigenvalue weighted by Gasteiger charge is 2.37. The van der Waals surface area contributed by atoms with Gasteiger partial charge >= 0.3 is 5.97 Å². The van der Waals surface area contributed by atoms with Crippen molar-refractivity contribution in [3.8, 4) is 0 Å². The van der Waals surface area contributed by atoms with Crippen molar-refractivity contribution in [2.75, 3.05) is 0 Å². The van der Waals surface area contributed by atoms with Crippen molar-refractivity contribution in [1.29, 1.82) is 0 Å². The zero-order valence-corrected chi connectivity index (χ0v) is 14.3. The Morgan fingerprint density at radius 2 is 1.38 bits per heavy atom. The maximum Gasteiger partial charge on any atom is 0.311 e. The van der Waals surface area contributed by atoms with Gasteiger partial charge in [-0.25, -0.2) is 0 Å². The molecule has 2 fully saturated rings. The van der Waals surface area contributed by atoms with Crippen LogP contribution in [0.15, 0.2) is 0 Å². The first kappa shape index (κ1) is 16.8. The lowest BCUT2D eigenvalue weighted by molar-refractivity contribution is -0.168. The van der Waals surface area contributed by atoms with Gasteiger partial charge in [0.1, 0.15) is 6.10 Å². The van der Waals surface area contributed by atoms with Gasteiger partial charge in [0.05, 0.1) is 5.41 Å². The molecule has 2 aliphatic rings. The predicted molar refractivity (Wildman–Crippen MR) is 87.1 cm³/mol. The van der Waals surface area contributed by atoms with Crippen molar-refractivity contribution in [3.05, 3.63) is 0 Å². The second-order valence-corrected chi connectivity index (χ2v) is 7.90. The Bertz CT molecular complexity index is 304. The SMILES string of the molecule is CCC(C)(C)C(=O)OC(C1CCCCC1)C1CCCCC1. The van der Waals surface area contributed by atoms with Crippen molar-refractivity contribution in [1.82, 2.24) is 0 Å². The van der Waals surface area contributed by atoms with Crippen LogP contribution >= 0.6 is 0 Å². The molecule has 21 heavy (non-hydrogen) atoms. The van der Waals surface area contributed by atoms with Crippen LogP contribution in [-0.4, -0.2) is 12.1 Å². The Kier molecular flexibility index (Phi) is 6.13. The summed E-state index contributed by atoms with van der Waals surface area (Å²) < 4.78 is 6.15. The molecule has 0 aromatic heterocycles. The highest BCUT2D eigenvalue weighted by Crippen LogP contribution is 2.38. The Hall–Kier alpha value is -0.530. The summed E-state index contributed by atoms with van der Waals surface area (Å²) in [5, 5.41) is 0. The molecule has 0 heterocycles. The molecule has 0 bridgehead atoms. The van der Waals surface area contributed by atoms with Crippen molar-refractivity contribution < 1.29 is 9.53 Å². The van der Waals surface area contributed by atoms with E-state index in [2.05, 4.69) is 6.92 Å². The van der Waals surface area contributed by atoms with Crippen LogP contribution in [0.4, 0.5) is 0 Å². The van der Waals surface area contributed by atoms with Gasteiger partial charge < -0.3 is 4.74 Å². The lowest BCUT2D eigenvalue weighted by Gasteiger charge is -2.38. The van der Waals surface area contributed by atoms with Gasteiger partial charge in [0, 0.05) is 0 Å². The predicted octanol–water partition coefficient (Wildman–Crippen LogP) is 5.50. The molecule has 122 valence electrons. The number of hydrogen-bond acceptors (Lipinski definition) is 2. The Morgan fingerprint density at radius 1 is 0.952 bits per heavy atom. The normalized spacial score (nSPS) is 22.5. The second kappa shape index (κ2) is 7.65. The molecule has 0 amide bonds. The molecule has 0 unspecified atom stereocenters. The van der Waals surface area contributed by atoms with E-state index in [1.807, 2.05) is 13.8 Å². The van der Waals surface area contributed by atoms with Crippen LogP contribution in [0.25, 0.3) is 0 Å². The van der Waals surface area contributed by atoms with Crippen LogP contribution < -0.4 is 0 Å². The molecule has 0 N–H and O–H groups in total. The molecular formula is C19H34O2. The van der Waals surface area contributed by atoms with E-state index in [0.29, 0.717) is 11.8 Å². The second-order valence-electron chi connectivity index (χ2n) is 7.90. The van der Waals surface area contributed by atoms with Crippen LogP contribution in [0.3, 0.4) is 0 Å². The van der Waals surface area contributed by atoms with Crippen molar-refractivity contribution in [2.45, 2.75) is 97.5 Å². The van der Waals surface area contributed by atoms with Gasteiger partial charge in [0.25, 0.3) is 0 Å². The Balaban J connectivity index is 2.05. The summed E-state index contributed by atoms with van der Waals surface area (Å²) in [7, 11) is 0. The summed E-state index contributed by atoms with van der Waals surface area (Å²) in [6, 6.07) is 0. The minimum atomic E-state index is -0.332. The highest BCUT2D eigenvalue weighted by molar-refractivity contribution is 5.76. The minimum Gasteiger partial charge on any atom is -0.461 e. The summed E-state index contributed by atoms with van der Waals surface area (Å²) in [6.07, 6.45) is 14.1. The van der Waals surface area contributed by atoms with E-state index < -0.39 is 0 Å². The minimum absolute atomic E-state index is 0.0335. The molecule has 2 heteroatoms. The van der Waals surface area contributed by atoms with Crippen LogP contribution in [0.5, 0.6) is 0 Å². The van der Waals surface area contributed by atoms with Gasteiger partial charge in [-0.3, -0.25) is 4.79 Å². The molecule has 0 spiro atoms. The fourth-order valence-corrected chi connectivity index (χ4v) is 3.93. The molecular weight excluding hydrogens is 260 g/mol. The molecule has 0 aliphatic heterocycles. The summed E-state index contributed by atoms with van der Waals surface area (Å²) in [6.45, 7) is 6.12. The first-order chi connectivity index (χ1) is 10.0. The van der Waals surface area contributed by atoms with Gasteiger partial charge in [0.15, 0.2) is 0 Å². The van der Waals surface area contributed by atoms with Gasteiger partial charge in [-0.2, -0.15) is 0 Å². The third kappa shape index (κ3) is 4.47. The average Bonchev–Trinajstić information content (AvgIpc) is 2.54. The van der Waals surface area contributed by atoms with Gasteiger partial charge in [-0.1, -0.05) is 45.4 Å². The Morgan fingerprint density at radius 3 is 1.76 bits per heavy atom. The van der Waals surface area contributed by atoms with Gasteiger partial charge in [0.2, 0.25) is 0 Å². The molecule has 2 rings (SSSR count). The maximum atomic E-state index is 12.6. The molecule has 0 aromatic rings. The lowest BCUT2D eigenvalue weighted by atomic mass is 9.75. The van der Waals surface area contributed by atoms with E-state index >= 15 is 0 Å². The highest BCUT2D eigenvalue weighted by atomic mass is 16.5.